The third kappa shape index (κ3) is 2.76. The van der Waals surface area contributed by atoms with E-state index in [0.717, 1.165) is 5.01 Å². The summed E-state index contributed by atoms with van der Waals surface area (Å²) in [5.74, 6) is -1.50. The fourth-order valence-corrected chi connectivity index (χ4v) is 2.40. The molecule has 0 spiro atoms. The van der Waals surface area contributed by atoms with Gasteiger partial charge < -0.3 is 10.4 Å². The van der Waals surface area contributed by atoms with Crippen molar-refractivity contribution in [3.05, 3.63) is 39.5 Å². The molecule has 2 heterocycles. The first-order valence-electron chi connectivity index (χ1n) is 5.42. The number of pyridine rings is 1. The van der Waals surface area contributed by atoms with E-state index >= 15 is 0 Å². The molecule has 6 nitrogen and oxygen atoms in total. The number of carboxylic acids is 1. The van der Waals surface area contributed by atoms with Crippen molar-refractivity contribution >= 4 is 29.0 Å². The number of rotatable bonds is 3. The summed E-state index contributed by atoms with van der Waals surface area (Å²) in [6.45, 7) is 3.53. The van der Waals surface area contributed by atoms with Crippen LogP contribution < -0.4 is 5.32 Å². The summed E-state index contributed by atoms with van der Waals surface area (Å²) < 4.78 is 0. The molecular weight excluding hydrogens is 266 g/mol. The molecule has 0 saturated heterocycles. The van der Waals surface area contributed by atoms with Crippen molar-refractivity contribution in [1.82, 2.24) is 9.97 Å². The molecule has 2 aromatic heterocycles. The molecule has 0 aromatic carbocycles. The summed E-state index contributed by atoms with van der Waals surface area (Å²) in [6, 6.07) is 2.89. The number of hydrogen-bond donors (Lipinski definition) is 2. The van der Waals surface area contributed by atoms with Crippen LogP contribution in [0.5, 0.6) is 0 Å². The van der Waals surface area contributed by atoms with Crippen LogP contribution >= 0.6 is 11.3 Å². The van der Waals surface area contributed by atoms with Crippen LogP contribution in [0.15, 0.2) is 18.3 Å². The molecule has 19 heavy (non-hydrogen) atoms. The van der Waals surface area contributed by atoms with E-state index < -0.39 is 11.9 Å². The molecule has 0 unspecified atom stereocenters. The van der Waals surface area contributed by atoms with Crippen LogP contribution in [-0.2, 0) is 0 Å². The van der Waals surface area contributed by atoms with E-state index in [1.807, 2.05) is 0 Å². The summed E-state index contributed by atoms with van der Waals surface area (Å²) in [5.41, 5.74) is 0.572. The molecule has 0 saturated carbocycles. The van der Waals surface area contributed by atoms with Gasteiger partial charge >= 0.3 is 5.97 Å². The SMILES string of the molecule is Cc1nc(C)c(C(=O)Nc2ncccc2C(=O)O)s1. The molecule has 98 valence electrons. The lowest BCUT2D eigenvalue weighted by atomic mass is 10.2. The van der Waals surface area contributed by atoms with Gasteiger partial charge in [-0.2, -0.15) is 0 Å². The Kier molecular flexibility index (Phi) is 3.57. The number of thiazole rings is 1. The smallest absolute Gasteiger partial charge is 0.339 e. The van der Waals surface area contributed by atoms with E-state index in [4.69, 9.17) is 5.11 Å². The Balaban J connectivity index is 2.29. The largest absolute Gasteiger partial charge is 0.478 e. The average molecular weight is 277 g/mol. The van der Waals surface area contributed by atoms with E-state index in [1.165, 1.54) is 29.7 Å². The summed E-state index contributed by atoms with van der Waals surface area (Å²) in [7, 11) is 0. The van der Waals surface area contributed by atoms with Gasteiger partial charge in [0.1, 0.15) is 16.3 Å². The minimum atomic E-state index is -1.14. The minimum Gasteiger partial charge on any atom is -0.478 e. The van der Waals surface area contributed by atoms with Gasteiger partial charge in [0.15, 0.2) is 0 Å². The topological polar surface area (TPSA) is 92.2 Å². The van der Waals surface area contributed by atoms with Crippen molar-refractivity contribution in [3.63, 3.8) is 0 Å². The molecule has 2 N–H and O–H groups in total. The van der Waals surface area contributed by atoms with Gasteiger partial charge in [-0.05, 0) is 26.0 Å². The predicted octanol–water partition coefficient (Wildman–Crippen LogP) is 2.11. The monoisotopic (exact) mass is 277 g/mol. The van der Waals surface area contributed by atoms with Crippen LogP contribution in [-0.4, -0.2) is 27.0 Å². The number of carbonyl (C=O) groups is 2. The van der Waals surface area contributed by atoms with Gasteiger partial charge in [-0.15, -0.1) is 11.3 Å². The minimum absolute atomic E-state index is 0.0328. The summed E-state index contributed by atoms with van der Waals surface area (Å²) in [4.78, 5) is 31.5. The van der Waals surface area contributed by atoms with Crippen LogP contribution in [0, 0.1) is 13.8 Å². The van der Waals surface area contributed by atoms with Gasteiger partial charge in [0.2, 0.25) is 0 Å². The van der Waals surface area contributed by atoms with Gasteiger partial charge in [-0.3, -0.25) is 4.79 Å². The summed E-state index contributed by atoms with van der Waals surface area (Å²) in [5, 5.41) is 12.3. The Hall–Kier alpha value is -2.28. The summed E-state index contributed by atoms with van der Waals surface area (Å²) >= 11 is 1.26. The maximum absolute atomic E-state index is 12.0. The van der Waals surface area contributed by atoms with Gasteiger partial charge in [0.05, 0.1) is 10.7 Å². The van der Waals surface area contributed by atoms with Crippen molar-refractivity contribution in [2.75, 3.05) is 5.32 Å². The van der Waals surface area contributed by atoms with Crippen LogP contribution in [0.25, 0.3) is 0 Å². The molecule has 0 aliphatic rings. The predicted molar refractivity (Wildman–Crippen MR) is 70.7 cm³/mol. The van der Waals surface area contributed by atoms with E-state index in [9.17, 15) is 9.59 Å². The van der Waals surface area contributed by atoms with E-state index in [1.54, 1.807) is 13.8 Å². The average Bonchev–Trinajstić information content (AvgIpc) is 2.69. The van der Waals surface area contributed by atoms with Crippen molar-refractivity contribution < 1.29 is 14.7 Å². The number of aromatic carboxylic acids is 1. The molecule has 0 radical (unpaired) electrons. The highest BCUT2D eigenvalue weighted by Crippen LogP contribution is 2.19. The van der Waals surface area contributed by atoms with Crippen LogP contribution in [0.1, 0.15) is 30.7 Å². The molecule has 2 rings (SSSR count). The van der Waals surface area contributed by atoms with E-state index in [2.05, 4.69) is 15.3 Å². The number of amides is 1. The summed E-state index contributed by atoms with van der Waals surface area (Å²) in [6.07, 6.45) is 1.42. The van der Waals surface area contributed by atoms with Crippen molar-refractivity contribution in [1.29, 1.82) is 0 Å². The normalized spacial score (nSPS) is 10.2. The van der Waals surface area contributed by atoms with Gasteiger partial charge in [-0.1, -0.05) is 0 Å². The number of anilines is 1. The molecule has 0 aliphatic carbocycles. The van der Waals surface area contributed by atoms with Crippen LogP contribution in [0.2, 0.25) is 0 Å². The number of aromatic nitrogens is 2. The molecule has 0 atom stereocenters. The zero-order chi connectivity index (χ0) is 14.0. The lowest BCUT2D eigenvalue weighted by molar-refractivity contribution is 0.0697. The second-order valence-corrected chi connectivity index (χ2v) is 5.01. The van der Waals surface area contributed by atoms with Crippen LogP contribution in [0.4, 0.5) is 5.82 Å². The maximum Gasteiger partial charge on any atom is 0.339 e. The first-order valence-corrected chi connectivity index (χ1v) is 6.24. The van der Waals surface area contributed by atoms with E-state index in [-0.39, 0.29) is 11.4 Å². The third-order valence-corrected chi connectivity index (χ3v) is 3.45. The Bertz CT molecular complexity index is 651. The second-order valence-electron chi connectivity index (χ2n) is 3.81. The first-order chi connectivity index (χ1) is 8.99. The molecule has 2 aromatic rings. The van der Waals surface area contributed by atoms with Crippen molar-refractivity contribution in [2.45, 2.75) is 13.8 Å². The van der Waals surface area contributed by atoms with E-state index in [0.29, 0.717) is 10.6 Å². The highest BCUT2D eigenvalue weighted by molar-refractivity contribution is 7.13. The van der Waals surface area contributed by atoms with Gasteiger partial charge in [0, 0.05) is 6.20 Å². The quantitative estimate of drug-likeness (QED) is 0.896. The van der Waals surface area contributed by atoms with Crippen molar-refractivity contribution in [3.8, 4) is 0 Å². The Morgan fingerprint density at radius 1 is 1.37 bits per heavy atom. The third-order valence-electron chi connectivity index (χ3n) is 2.38. The lowest BCUT2D eigenvalue weighted by Crippen LogP contribution is -2.15. The Morgan fingerprint density at radius 2 is 2.11 bits per heavy atom. The highest BCUT2D eigenvalue weighted by atomic mass is 32.1. The number of nitrogens with zero attached hydrogens (tertiary/aromatic N) is 2. The number of carbonyl (C=O) groups excluding carboxylic acids is 1. The fourth-order valence-electron chi connectivity index (χ4n) is 1.58. The Labute approximate surface area is 113 Å². The molecule has 0 aliphatic heterocycles. The second kappa shape index (κ2) is 5.15. The molecule has 7 heteroatoms. The molecular formula is C12H11N3O3S. The maximum atomic E-state index is 12.0. The van der Waals surface area contributed by atoms with Gasteiger partial charge in [0.25, 0.3) is 5.91 Å². The number of nitrogens with one attached hydrogen (secondary N) is 1. The fraction of sp³-hybridized carbons (Fsp3) is 0.167. The van der Waals surface area contributed by atoms with Crippen molar-refractivity contribution in [2.24, 2.45) is 0 Å². The lowest BCUT2D eigenvalue weighted by Gasteiger charge is -2.05. The Morgan fingerprint density at radius 3 is 2.68 bits per heavy atom. The molecule has 1 amide bonds. The molecule has 0 bridgehead atoms. The number of hydrogen-bond acceptors (Lipinski definition) is 5. The van der Waals surface area contributed by atoms with Crippen LogP contribution in [0.3, 0.4) is 0 Å². The first kappa shape index (κ1) is 13.2. The molecule has 0 fully saturated rings. The number of carboxylic acid groups (broad SMARTS) is 1. The number of aryl methyl sites for hydroxylation is 2. The zero-order valence-corrected chi connectivity index (χ0v) is 11.1. The zero-order valence-electron chi connectivity index (χ0n) is 10.3. The van der Waals surface area contributed by atoms with Gasteiger partial charge in [-0.25, -0.2) is 14.8 Å². The highest BCUT2D eigenvalue weighted by Gasteiger charge is 2.17. The standard InChI is InChI=1S/C12H11N3O3S/c1-6-9(19-7(2)14-6)11(16)15-10-8(12(17)18)4-3-5-13-10/h3-5H,1-2H3,(H,17,18)(H,13,15,16).